The minimum atomic E-state index is -0.359. The van der Waals surface area contributed by atoms with Crippen LogP contribution in [0.15, 0.2) is 48.5 Å². The van der Waals surface area contributed by atoms with Gasteiger partial charge in [-0.1, -0.05) is 25.6 Å². The van der Waals surface area contributed by atoms with Gasteiger partial charge in [-0.2, -0.15) is 0 Å². The first kappa shape index (κ1) is 17.9. The van der Waals surface area contributed by atoms with Crippen molar-refractivity contribution in [3.8, 4) is 5.75 Å². The summed E-state index contributed by atoms with van der Waals surface area (Å²) < 4.78 is 10.3. The highest BCUT2D eigenvalue weighted by Gasteiger charge is 2.06. The highest BCUT2D eigenvalue weighted by Crippen LogP contribution is 2.16. The Kier molecular flexibility index (Phi) is 6.75. The summed E-state index contributed by atoms with van der Waals surface area (Å²) in [6.45, 7) is 2.86. The smallest absolute Gasteiger partial charge is 0.337 e. The third-order valence-corrected chi connectivity index (χ3v) is 3.78. The number of hydrogen-bond acceptors (Lipinski definition) is 4. The van der Waals surface area contributed by atoms with E-state index in [-0.39, 0.29) is 5.97 Å². The average molecular weight is 343 g/mol. The number of thiocarbonyl (C=S) groups is 1. The van der Waals surface area contributed by atoms with Crippen LogP contribution in [0.1, 0.15) is 35.7 Å². The fraction of sp³-hybridized carbons (Fsp3) is 0.263. The van der Waals surface area contributed by atoms with Crippen molar-refractivity contribution in [2.45, 2.75) is 19.8 Å². The molecule has 0 aliphatic rings. The number of rotatable bonds is 7. The molecule has 0 aliphatic carbocycles. The van der Waals surface area contributed by atoms with Crippen molar-refractivity contribution in [2.75, 3.05) is 19.0 Å². The molecule has 4 nitrogen and oxygen atoms in total. The Bertz CT molecular complexity index is 681. The number of benzene rings is 2. The Morgan fingerprint density at radius 1 is 1.04 bits per heavy atom. The molecule has 5 heteroatoms. The summed E-state index contributed by atoms with van der Waals surface area (Å²) >= 11 is 5.42. The maximum Gasteiger partial charge on any atom is 0.337 e. The van der Waals surface area contributed by atoms with Crippen molar-refractivity contribution in [1.29, 1.82) is 0 Å². The highest BCUT2D eigenvalue weighted by molar-refractivity contribution is 7.81. The van der Waals surface area contributed by atoms with Gasteiger partial charge in [0.25, 0.3) is 0 Å². The van der Waals surface area contributed by atoms with Gasteiger partial charge in [-0.15, -0.1) is 0 Å². The summed E-state index contributed by atoms with van der Waals surface area (Å²) in [7, 11) is 1.36. The van der Waals surface area contributed by atoms with Gasteiger partial charge in [0.15, 0.2) is 0 Å². The molecule has 0 bridgehead atoms. The van der Waals surface area contributed by atoms with Gasteiger partial charge in [0.2, 0.25) is 0 Å². The molecule has 2 rings (SSSR count). The SMILES string of the molecule is CCCCOc1ccc(C(=S)Nc2ccc(C(=O)OC)cc2)cc1. The summed E-state index contributed by atoms with van der Waals surface area (Å²) in [6.07, 6.45) is 2.16. The third kappa shape index (κ3) is 5.06. The van der Waals surface area contributed by atoms with Crippen LogP contribution in [0.4, 0.5) is 5.69 Å². The van der Waals surface area contributed by atoms with E-state index < -0.39 is 0 Å². The van der Waals surface area contributed by atoms with Crippen molar-refractivity contribution >= 4 is 28.9 Å². The van der Waals surface area contributed by atoms with Crippen molar-refractivity contribution in [1.82, 2.24) is 0 Å². The topological polar surface area (TPSA) is 47.6 Å². The molecule has 0 radical (unpaired) electrons. The predicted octanol–water partition coefficient (Wildman–Crippen LogP) is 4.44. The van der Waals surface area contributed by atoms with Crippen LogP contribution in [0.3, 0.4) is 0 Å². The number of anilines is 1. The molecule has 0 atom stereocenters. The van der Waals surface area contributed by atoms with E-state index in [0.717, 1.165) is 36.4 Å². The largest absolute Gasteiger partial charge is 0.494 e. The molecular weight excluding hydrogens is 322 g/mol. The molecule has 0 unspecified atom stereocenters. The molecule has 0 saturated carbocycles. The van der Waals surface area contributed by atoms with E-state index >= 15 is 0 Å². The van der Waals surface area contributed by atoms with E-state index in [1.807, 2.05) is 24.3 Å². The maximum absolute atomic E-state index is 11.4. The van der Waals surface area contributed by atoms with Gasteiger partial charge in [0.1, 0.15) is 10.7 Å². The maximum atomic E-state index is 11.4. The van der Waals surface area contributed by atoms with Crippen LogP contribution in [0.25, 0.3) is 0 Å². The molecule has 0 amide bonds. The molecular formula is C19H21NO3S. The second-order valence-electron chi connectivity index (χ2n) is 5.25. The molecule has 126 valence electrons. The minimum absolute atomic E-state index is 0.359. The van der Waals surface area contributed by atoms with Gasteiger partial charge >= 0.3 is 5.97 Å². The Balaban J connectivity index is 1.95. The van der Waals surface area contributed by atoms with Crippen LogP contribution < -0.4 is 10.1 Å². The zero-order valence-electron chi connectivity index (χ0n) is 13.9. The summed E-state index contributed by atoms with van der Waals surface area (Å²) in [5.41, 5.74) is 2.23. The van der Waals surface area contributed by atoms with E-state index in [1.165, 1.54) is 7.11 Å². The molecule has 0 aromatic heterocycles. The standard InChI is InChI=1S/C19H21NO3S/c1-3-4-13-23-17-11-7-14(8-12-17)18(24)20-16-9-5-15(6-10-16)19(21)22-2/h5-12H,3-4,13H2,1-2H3,(H,20,24). The monoisotopic (exact) mass is 343 g/mol. The number of unbranched alkanes of at least 4 members (excludes halogenated alkanes) is 1. The van der Waals surface area contributed by atoms with Crippen molar-refractivity contribution in [3.05, 3.63) is 59.7 Å². The van der Waals surface area contributed by atoms with Crippen molar-refractivity contribution in [2.24, 2.45) is 0 Å². The Labute approximate surface area is 147 Å². The van der Waals surface area contributed by atoms with E-state index in [9.17, 15) is 4.79 Å². The lowest BCUT2D eigenvalue weighted by Gasteiger charge is -2.10. The first-order chi connectivity index (χ1) is 11.6. The molecule has 0 spiro atoms. The van der Waals surface area contributed by atoms with Crippen LogP contribution in [0, 0.1) is 0 Å². The summed E-state index contributed by atoms with van der Waals surface area (Å²) in [4.78, 5) is 12.0. The van der Waals surface area contributed by atoms with Crippen molar-refractivity contribution < 1.29 is 14.3 Å². The summed E-state index contributed by atoms with van der Waals surface area (Å²) in [5, 5.41) is 3.15. The molecule has 0 saturated heterocycles. The van der Waals surface area contributed by atoms with Crippen LogP contribution in [0.5, 0.6) is 5.75 Å². The van der Waals surface area contributed by atoms with Crippen LogP contribution in [-0.2, 0) is 4.74 Å². The fourth-order valence-corrected chi connectivity index (χ4v) is 2.30. The lowest BCUT2D eigenvalue weighted by atomic mass is 10.2. The van der Waals surface area contributed by atoms with E-state index in [1.54, 1.807) is 24.3 Å². The number of carbonyl (C=O) groups is 1. The van der Waals surface area contributed by atoms with Crippen molar-refractivity contribution in [3.63, 3.8) is 0 Å². The predicted molar refractivity (Wildman–Crippen MR) is 99.9 cm³/mol. The van der Waals surface area contributed by atoms with Crippen LogP contribution in [-0.4, -0.2) is 24.7 Å². The van der Waals surface area contributed by atoms with E-state index in [0.29, 0.717) is 10.6 Å². The highest BCUT2D eigenvalue weighted by atomic mass is 32.1. The number of methoxy groups -OCH3 is 1. The number of ether oxygens (including phenoxy) is 2. The van der Waals surface area contributed by atoms with Gasteiger partial charge in [-0.25, -0.2) is 4.79 Å². The van der Waals surface area contributed by atoms with Gasteiger partial charge in [0.05, 0.1) is 19.3 Å². The molecule has 24 heavy (non-hydrogen) atoms. The number of esters is 1. The zero-order chi connectivity index (χ0) is 17.4. The summed E-state index contributed by atoms with van der Waals surface area (Å²) in [6, 6.07) is 14.7. The van der Waals surface area contributed by atoms with Crippen LogP contribution in [0.2, 0.25) is 0 Å². The van der Waals surface area contributed by atoms with Gasteiger partial charge < -0.3 is 14.8 Å². The Morgan fingerprint density at radius 2 is 1.67 bits per heavy atom. The quantitative estimate of drug-likeness (QED) is 0.457. The van der Waals surface area contributed by atoms with E-state index in [2.05, 4.69) is 17.0 Å². The lowest BCUT2D eigenvalue weighted by Crippen LogP contribution is -2.10. The second kappa shape index (κ2) is 9.03. The number of hydrogen-bond donors (Lipinski definition) is 1. The molecule has 0 fully saturated rings. The number of nitrogens with one attached hydrogen (secondary N) is 1. The minimum Gasteiger partial charge on any atom is -0.494 e. The van der Waals surface area contributed by atoms with Crippen LogP contribution >= 0.6 is 12.2 Å². The Morgan fingerprint density at radius 3 is 2.25 bits per heavy atom. The summed E-state index contributed by atoms with van der Waals surface area (Å²) in [5.74, 6) is 0.486. The number of carbonyl (C=O) groups excluding carboxylic acids is 1. The third-order valence-electron chi connectivity index (χ3n) is 3.45. The molecule has 1 N–H and O–H groups in total. The van der Waals surface area contributed by atoms with Gasteiger partial charge in [0, 0.05) is 11.3 Å². The second-order valence-corrected chi connectivity index (χ2v) is 5.66. The normalized spacial score (nSPS) is 10.1. The van der Waals surface area contributed by atoms with E-state index in [4.69, 9.17) is 17.0 Å². The first-order valence-electron chi connectivity index (χ1n) is 7.86. The lowest BCUT2D eigenvalue weighted by molar-refractivity contribution is 0.0601. The van der Waals surface area contributed by atoms with Gasteiger partial charge in [-0.3, -0.25) is 0 Å². The average Bonchev–Trinajstić information content (AvgIpc) is 2.62. The molecule has 0 aliphatic heterocycles. The van der Waals surface area contributed by atoms with Gasteiger partial charge in [-0.05, 0) is 55.0 Å². The first-order valence-corrected chi connectivity index (χ1v) is 8.27. The fourth-order valence-electron chi connectivity index (χ4n) is 2.05. The zero-order valence-corrected chi connectivity index (χ0v) is 14.7. The molecule has 2 aromatic rings. The molecule has 2 aromatic carbocycles. The molecule has 0 heterocycles. The Hall–Kier alpha value is -2.40.